The molecule has 0 fully saturated rings. The minimum atomic E-state index is -1.25. The molecule has 0 amide bonds. The number of hydrogen-bond donors (Lipinski definition) is 1. The summed E-state index contributed by atoms with van der Waals surface area (Å²) >= 11 is 0. The third kappa shape index (κ3) is 2.92. The third-order valence-electron chi connectivity index (χ3n) is 2.53. The van der Waals surface area contributed by atoms with E-state index in [-0.39, 0.29) is 0 Å². The molecule has 1 N–H and O–H groups in total. The van der Waals surface area contributed by atoms with Crippen molar-refractivity contribution in [2.24, 2.45) is 0 Å². The van der Waals surface area contributed by atoms with Crippen LogP contribution in [0.15, 0.2) is 24.3 Å². The van der Waals surface area contributed by atoms with Crippen LogP contribution in [0.2, 0.25) is 19.6 Å². The SMILES string of the molecule is CNC(c1ccc(C#N)cc1)[Si](C)(C)C. The lowest BCUT2D eigenvalue weighted by molar-refractivity contribution is 0.751. The van der Waals surface area contributed by atoms with Gasteiger partial charge in [0.1, 0.15) is 0 Å². The molecule has 1 unspecified atom stereocenters. The summed E-state index contributed by atoms with van der Waals surface area (Å²) in [6.45, 7) is 7.02. The van der Waals surface area contributed by atoms with E-state index < -0.39 is 8.07 Å². The summed E-state index contributed by atoms with van der Waals surface area (Å²) in [6.07, 6.45) is 0. The molecular weight excluding hydrogens is 200 g/mol. The number of nitriles is 1. The van der Waals surface area contributed by atoms with E-state index in [1.807, 2.05) is 19.2 Å². The normalized spacial score (nSPS) is 13.3. The van der Waals surface area contributed by atoms with Crippen molar-refractivity contribution in [1.82, 2.24) is 5.32 Å². The van der Waals surface area contributed by atoms with Crippen molar-refractivity contribution in [3.05, 3.63) is 35.4 Å². The van der Waals surface area contributed by atoms with Gasteiger partial charge in [-0.2, -0.15) is 5.26 Å². The second-order valence-electron chi connectivity index (χ2n) is 4.82. The van der Waals surface area contributed by atoms with Gasteiger partial charge in [0.25, 0.3) is 0 Å². The Kier molecular flexibility index (Phi) is 3.67. The third-order valence-corrected chi connectivity index (χ3v) is 4.88. The molecule has 1 rings (SSSR count). The maximum Gasteiger partial charge on any atom is 0.0991 e. The number of nitrogens with zero attached hydrogens (tertiary/aromatic N) is 1. The summed E-state index contributed by atoms with van der Waals surface area (Å²) in [5, 5.41) is 12.1. The second kappa shape index (κ2) is 4.60. The molecule has 0 aromatic heterocycles. The lowest BCUT2D eigenvalue weighted by atomic mass is 10.1. The highest BCUT2D eigenvalue weighted by Crippen LogP contribution is 2.24. The molecule has 80 valence electrons. The lowest BCUT2D eigenvalue weighted by Crippen LogP contribution is -2.39. The summed E-state index contributed by atoms with van der Waals surface area (Å²) in [5.41, 5.74) is 2.46. The summed E-state index contributed by atoms with van der Waals surface area (Å²) in [5.74, 6) is 0. The molecule has 0 bridgehead atoms. The van der Waals surface area contributed by atoms with Crippen molar-refractivity contribution in [2.45, 2.75) is 25.3 Å². The van der Waals surface area contributed by atoms with E-state index in [4.69, 9.17) is 5.26 Å². The number of benzene rings is 1. The Balaban J connectivity index is 3.00. The first-order valence-corrected chi connectivity index (χ1v) is 8.74. The van der Waals surface area contributed by atoms with Crippen molar-refractivity contribution >= 4 is 8.07 Å². The number of nitrogens with one attached hydrogen (secondary N) is 1. The van der Waals surface area contributed by atoms with Gasteiger partial charge in [0.05, 0.1) is 19.7 Å². The van der Waals surface area contributed by atoms with Crippen LogP contribution in [-0.4, -0.2) is 15.1 Å². The predicted octanol–water partition coefficient (Wildman–Crippen LogP) is 2.70. The fourth-order valence-corrected chi connectivity index (χ4v) is 3.91. The fourth-order valence-electron chi connectivity index (χ4n) is 1.85. The molecule has 0 spiro atoms. The Labute approximate surface area is 92.9 Å². The lowest BCUT2D eigenvalue weighted by Gasteiger charge is -2.29. The topological polar surface area (TPSA) is 35.8 Å². The summed E-state index contributed by atoms with van der Waals surface area (Å²) in [6, 6.07) is 10.0. The van der Waals surface area contributed by atoms with Gasteiger partial charge >= 0.3 is 0 Å². The van der Waals surface area contributed by atoms with Crippen LogP contribution in [0, 0.1) is 11.3 Å². The average Bonchev–Trinajstić information content (AvgIpc) is 2.18. The van der Waals surface area contributed by atoms with Gasteiger partial charge in [0, 0.05) is 5.67 Å². The van der Waals surface area contributed by atoms with Crippen LogP contribution in [0.3, 0.4) is 0 Å². The van der Waals surface area contributed by atoms with Crippen molar-refractivity contribution in [3.8, 4) is 6.07 Å². The smallest absolute Gasteiger partial charge is 0.0991 e. The Morgan fingerprint density at radius 3 is 2.07 bits per heavy atom. The van der Waals surface area contributed by atoms with Crippen LogP contribution in [0.25, 0.3) is 0 Å². The van der Waals surface area contributed by atoms with Crippen LogP contribution in [-0.2, 0) is 0 Å². The van der Waals surface area contributed by atoms with Crippen LogP contribution in [0.4, 0.5) is 0 Å². The Morgan fingerprint density at radius 2 is 1.73 bits per heavy atom. The van der Waals surface area contributed by atoms with Gasteiger partial charge < -0.3 is 5.32 Å². The molecule has 2 nitrogen and oxygen atoms in total. The molecule has 1 aromatic rings. The minimum absolute atomic E-state index is 0.449. The maximum absolute atomic E-state index is 8.73. The zero-order valence-electron chi connectivity index (χ0n) is 9.83. The predicted molar refractivity (Wildman–Crippen MR) is 66.3 cm³/mol. The standard InChI is InChI=1S/C12H18N2Si/c1-14-12(15(2,3)4)11-7-5-10(9-13)6-8-11/h5-8,12,14H,1-4H3. The van der Waals surface area contributed by atoms with Crippen LogP contribution in [0.5, 0.6) is 0 Å². The highest BCUT2D eigenvalue weighted by atomic mass is 28.3. The average molecular weight is 218 g/mol. The molecule has 1 atom stereocenters. The second-order valence-corrected chi connectivity index (χ2v) is 10.1. The number of hydrogen-bond acceptors (Lipinski definition) is 2. The van der Waals surface area contributed by atoms with Crippen molar-refractivity contribution < 1.29 is 0 Å². The molecule has 0 radical (unpaired) electrons. The largest absolute Gasteiger partial charge is 0.316 e. The van der Waals surface area contributed by atoms with E-state index >= 15 is 0 Å². The minimum Gasteiger partial charge on any atom is -0.316 e. The highest BCUT2D eigenvalue weighted by Gasteiger charge is 2.26. The van der Waals surface area contributed by atoms with Crippen molar-refractivity contribution in [2.75, 3.05) is 7.05 Å². The van der Waals surface area contributed by atoms with Crippen molar-refractivity contribution in [1.29, 1.82) is 5.26 Å². The van der Waals surface area contributed by atoms with Gasteiger partial charge in [-0.1, -0.05) is 31.8 Å². The molecule has 1 aromatic carbocycles. The van der Waals surface area contributed by atoms with Crippen molar-refractivity contribution in [3.63, 3.8) is 0 Å². The summed E-state index contributed by atoms with van der Waals surface area (Å²) < 4.78 is 0. The molecule has 0 aliphatic heterocycles. The van der Waals surface area contributed by atoms with E-state index in [1.165, 1.54) is 5.56 Å². The maximum atomic E-state index is 8.73. The van der Waals surface area contributed by atoms with Gasteiger partial charge in [-0.25, -0.2) is 0 Å². The van der Waals surface area contributed by atoms with Gasteiger partial charge in [0.15, 0.2) is 0 Å². The Hall–Kier alpha value is -1.11. The highest BCUT2D eigenvalue weighted by molar-refractivity contribution is 6.77. The van der Waals surface area contributed by atoms with Crippen LogP contribution in [0.1, 0.15) is 16.8 Å². The molecule has 0 aliphatic carbocycles. The monoisotopic (exact) mass is 218 g/mol. The van der Waals surface area contributed by atoms with E-state index in [9.17, 15) is 0 Å². The Bertz CT molecular complexity index is 357. The van der Waals surface area contributed by atoms with E-state index in [1.54, 1.807) is 0 Å². The molecule has 15 heavy (non-hydrogen) atoms. The molecule has 0 saturated heterocycles. The van der Waals surface area contributed by atoms with Gasteiger partial charge in [-0.3, -0.25) is 0 Å². The quantitative estimate of drug-likeness (QED) is 0.792. The van der Waals surface area contributed by atoms with Crippen LogP contribution >= 0.6 is 0 Å². The van der Waals surface area contributed by atoms with E-state index in [0.717, 1.165) is 5.56 Å². The molecular formula is C12H18N2Si. The van der Waals surface area contributed by atoms with E-state index in [0.29, 0.717) is 5.67 Å². The first-order chi connectivity index (χ1) is 6.99. The fraction of sp³-hybridized carbons (Fsp3) is 0.417. The first-order valence-electron chi connectivity index (χ1n) is 5.16. The van der Waals surface area contributed by atoms with Gasteiger partial charge in [-0.05, 0) is 24.7 Å². The Morgan fingerprint density at radius 1 is 1.20 bits per heavy atom. The zero-order valence-corrected chi connectivity index (χ0v) is 10.8. The first kappa shape index (κ1) is 12.0. The summed E-state index contributed by atoms with van der Waals surface area (Å²) in [7, 11) is 0.752. The summed E-state index contributed by atoms with van der Waals surface area (Å²) in [4.78, 5) is 0. The van der Waals surface area contributed by atoms with Gasteiger partial charge in [-0.15, -0.1) is 0 Å². The van der Waals surface area contributed by atoms with Crippen LogP contribution < -0.4 is 5.32 Å². The van der Waals surface area contributed by atoms with E-state index in [2.05, 4.69) is 43.2 Å². The number of rotatable bonds is 3. The molecule has 0 saturated carbocycles. The molecule has 0 heterocycles. The molecule has 0 aliphatic rings. The zero-order chi connectivity index (χ0) is 11.5. The molecule has 3 heteroatoms. The van der Waals surface area contributed by atoms with Gasteiger partial charge in [0.2, 0.25) is 0 Å².